The van der Waals surface area contributed by atoms with Crippen LogP contribution in [0.5, 0.6) is 5.75 Å². The van der Waals surface area contributed by atoms with Crippen molar-refractivity contribution < 1.29 is 9.13 Å². The van der Waals surface area contributed by atoms with Crippen LogP contribution in [0.1, 0.15) is 0 Å². The number of hydrogen-bond acceptors (Lipinski definition) is 2. The van der Waals surface area contributed by atoms with E-state index in [-0.39, 0.29) is 10.8 Å². The second-order valence-electron chi connectivity index (χ2n) is 2.21. The van der Waals surface area contributed by atoms with Gasteiger partial charge in [0.15, 0.2) is 0 Å². The van der Waals surface area contributed by atoms with Crippen LogP contribution in [-0.2, 0) is 0 Å². The average Bonchev–Trinajstić information content (AvgIpc) is 2.03. The number of nitrogens with two attached hydrogens (primary N) is 1. The zero-order valence-electron chi connectivity index (χ0n) is 6.39. The highest BCUT2D eigenvalue weighted by Gasteiger charge is 2.01. The van der Waals surface area contributed by atoms with E-state index in [0.29, 0.717) is 18.9 Å². The predicted molar refractivity (Wildman–Crippen MR) is 46.0 cm³/mol. The first-order valence-electron chi connectivity index (χ1n) is 3.52. The highest BCUT2D eigenvalue weighted by molar-refractivity contribution is 6.32. The summed E-state index contributed by atoms with van der Waals surface area (Å²) in [6, 6.07) is 3.97. The minimum absolute atomic E-state index is 0.267. The fourth-order valence-corrected chi connectivity index (χ4v) is 0.983. The maximum Gasteiger partial charge on any atom is 0.138 e. The summed E-state index contributed by atoms with van der Waals surface area (Å²) in [6.45, 7) is 0.791. The Hall–Kier alpha value is -0.800. The lowest BCUT2D eigenvalue weighted by Crippen LogP contribution is -2.10. The fraction of sp³-hybridized carbons (Fsp3) is 0.250. The van der Waals surface area contributed by atoms with E-state index in [1.165, 1.54) is 18.2 Å². The third-order valence-electron chi connectivity index (χ3n) is 1.27. The summed E-state index contributed by atoms with van der Waals surface area (Å²) >= 11 is 5.66. The quantitative estimate of drug-likeness (QED) is 0.787. The maximum absolute atomic E-state index is 12.5. The smallest absolute Gasteiger partial charge is 0.138 e. The number of rotatable bonds is 3. The highest BCUT2D eigenvalue weighted by Crippen LogP contribution is 2.24. The molecule has 0 saturated carbocycles. The van der Waals surface area contributed by atoms with Crippen molar-refractivity contribution in [1.82, 2.24) is 0 Å². The summed E-state index contributed by atoms with van der Waals surface area (Å²) in [5.41, 5.74) is 5.21. The van der Waals surface area contributed by atoms with Gasteiger partial charge in [-0.15, -0.1) is 0 Å². The number of halogens is 2. The summed E-state index contributed by atoms with van der Waals surface area (Å²) in [5, 5.41) is 0.267. The van der Waals surface area contributed by atoms with Gasteiger partial charge in [-0.25, -0.2) is 4.39 Å². The van der Waals surface area contributed by atoms with Crippen molar-refractivity contribution in [3.05, 3.63) is 29.0 Å². The molecule has 0 aliphatic heterocycles. The Kier molecular flexibility index (Phi) is 3.31. The Morgan fingerprint density at radius 3 is 2.83 bits per heavy atom. The van der Waals surface area contributed by atoms with E-state index in [1.54, 1.807) is 0 Å². The lowest BCUT2D eigenvalue weighted by Gasteiger charge is -2.05. The third kappa shape index (κ3) is 2.36. The van der Waals surface area contributed by atoms with Gasteiger partial charge in [0.05, 0.1) is 5.02 Å². The zero-order valence-corrected chi connectivity index (χ0v) is 7.14. The summed E-state index contributed by atoms with van der Waals surface area (Å²) < 4.78 is 17.6. The van der Waals surface area contributed by atoms with E-state index in [0.717, 1.165) is 0 Å². The molecule has 4 heteroatoms. The van der Waals surface area contributed by atoms with Gasteiger partial charge < -0.3 is 10.5 Å². The van der Waals surface area contributed by atoms with Crippen LogP contribution in [0.25, 0.3) is 0 Å². The Labute approximate surface area is 75.1 Å². The van der Waals surface area contributed by atoms with Crippen molar-refractivity contribution in [2.75, 3.05) is 13.2 Å². The SMILES string of the molecule is NCCOc1ccc(F)cc1Cl. The Bertz CT molecular complexity index is 267. The van der Waals surface area contributed by atoms with Crippen molar-refractivity contribution in [3.63, 3.8) is 0 Å². The normalized spacial score (nSPS) is 9.92. The van der Waals surface area contributed by atoms with Gasteiger partial charge in [0.25, 0.3) is 0 Å². The summed E-state index contributed by atoms with van der Waals surface area (Å²) in [5.74, 6) is 0.0867. The molecular weight excluding hydrogens is 181 g/mol. The highest BCUT2D eigenvalue weighted by atomic mass is 35.5. The molecule has 12 heavy (non-hydrogen) atoms. The van der Waals surface area contributed by atoms with Gasteiger partial charge in [-0.05, 0) is 18.2 Å². The first-order chi connectivity index (χ1) is 5.74. The Morgan fingerprint density at radius 2 is 2.25 bits per heavy atom. The molecule has 0 radical (unpaired) electrons. The molecule has 2 nitrogen and oxygen atoms in total. The largest absolute Gasteiger partial charge is 0.491 e. The summed E-state index contributed by atoms with van der Waals surface area (Å²) in [6.07, 6.45) is 0. The second-order valence-corrected chi connectivity index (χ2v) is 2.62. The van der Waals surface area contributed by atoms with Crippen molar-refractivity contribution >= 4 is 11.6 Å². The Balaban J connectivity index is 2.72. The van der Waals surface area contributed by atoms with E-state index in [1.807, 2.05) is 0 Å². The Morgan fingerprint density at radius 1 is 1.50 bits per heavy atom. The lowest BCUT2D eigenvalue weighted by atomic mass is 10.3. The van der Waals surface area contributed by atoms with Gasteiger partial charge in [-0.2, -0.15) is 0 Å². The molecule has 0 amide bonds. The molecule has 0 atom stereocenters. The van der Waals surface area contributed by atoms with Crippen LogP contribution in [0.2, 0.25) is 5.02 Å². The molecule has 0 unspecified atom stereocenters. The number of benzene rings is 1. The average molecular weight is 190 g/mol. The van der Waals surface area contributed by atoms with Crippen LogP contribution in [0, 0.1) is 5.82 Å². The van der Waals surface area contributed by atoms with E-state index >= 15 is 0 Å². The number of hydrogen-bond donors (Lipinski definition) is 1. The second kappa shape index (κ2) is 4.28. The summed E-state index contributed by atoms with van der Waals surface area (Å²) in [7, 11) is 0. The molecule has 1 aromatic carbocycles. The van der Waals surface area contributed by atoms with Gasteiger partial charge in [0.2, 0.25) is 0 Å². The van der Waals surface area contributed by atoms with E-state index in [9.17, 15) is 4.39 Å². The van der Waals surface area contributed by atoms with Crippen molar-refractivity contribution in [1.29, 1.82) is 0 Å². The molecule has 0 aliphatic rings. The summed E-state index contributed by atoms with van der Waals surface area (Å²) in [4.78, 5) is 0. The van der Waals surface area contributed by atoms with Gasteiger partial charge in [-0.1, -0.05) is 11.6 Å². The van der Waals surface area contributed by atoms with Crippen molar-refractivity contribution in [3.8, 4) is 5.75 Å². The minimum atomic E-state index is -0.375. The molecule has 0 fully saturated rings. The van der Waals surface area contributed by atoms with Crippen LogP contribution in [-0.4, -0.2) is 13.2 Å². The molecule has 0 saturated heterocycles. The molecule has 66 valence electrons. The van der Waals surface area contributed by atoms with E-state index in [4.69, 9.17) is 22.1 Å². The molecule has 0 spiro atoms. The molecule has 0 heterocycles. The lowest BCUT2D eigenvalue weighted by molar-refractivity contribution is 0.328. The molecular formula is C8H9ClFNO. The van der Waals surface area contributed by atoms with Crippen molar-refractivity contribution in [2.45, 2.75) is 0 Å². The topological polar surface area (TPSA) is 35.2 Å². The third-order valence-corrected chi connectivity index (χ3v) is 1.56. The first kappa shape index (κ1) is 9.29. The van der Waals surface area contributed by atoms with Gasteiger partial charge in [0, 0.05) is 6.54 Å². The monoisotopic (exact) mass is 189 g/mol. The fourth-order valence-electron chi connectivity index (χ4n) is 0.761. The van der Waals surface area contributed by atoms with Crippen molar-refractivity contribution in [2.24, 2.45) is 5.73 Å². The molecule has 1 aromatic rings. The molecule has 1 rings (SSSR count). The standard InChI is InChI=1S/C8H9ClFNO/c9-7-5-6(10)1-2-8(7)12-4-3-11/h1-2,5H,3-4,11H2. The first-order valence-corrected chi connectivity index (χ1v) is 3.90. The van der Waals surface area contributed by atoms with Gasteiger partial charge in [-0.3, -0.25) is 0 Å². The van der Waals surface area contributed by atoms with Gasteiger partial charge in [0.1, 0.15) is 18.2 Å². The van der Waals surface area contributed by atoms with E-state index in [2.05, 4.69) is 0 Å². The van der Waals surface area contributed by atoms with Crippen LogP contribution < -0.4 is 10.5 Å². The molecule has 0 bridgehead atoms. The predicted octanol–water partition coefficient (Wildman–Crippen LogP) is 1.82. The molecule has 0 aromatic heterocycles. The van der Waals surface area contributed by atoms with Crippen LogP contribution in [0.3, 0.4) is 0 Å². The van der Waals surface area contributed by atoms with Crippen LogP contribution in [0.4, 0.5) is 4.39 Å². The molecule has 2 N–H and O–H groups in total. The van der Waals surface area contributed by atoms with E-state index < -0.39 is 0 Å². The maximum atomic E-state index is 12.5. The number of ether oxygens (including phenoxy) is 1. The van der Waals surface area contributed by atoms with Crippen LogP contribution in [0.15, 0.2) is 18.2 Å². The van der Waals surface area contributed by atoms with Gasteiger partial charge >= 0.3 is 0 Å². The minimum Gasteiger partial charge on any atom is -0.491 e. The molecule has 0 aliphatic carbocycles. The van der Waals surface area contributed by atoms with Crippen LogP contribution >= 0.6 is 11.6 Å². The zero-order chi connectivity index (χ0) is 8.97.